The summed E-state index contributed by atoms with van der Waals surface area (Å²) in [6.07, 6.45) is 0. The van der Waals surface area contributed by atoms with Crippen molar-refractivity contribution in [1.82, 2.24) is 4.98 Å². The largest absolute Gasteiger partial charge is 0.372 e. The molecule has 0 spiro atoms. The average molecular weight is 251 g/mol. The van der Waals surface area contributed by atoms with Crippen molar-refractivity contribution in [1.29, 1.82) is 5.26 Å². The van der Waals surface area contributed by atoms with Gasteiger partial charge in [-0.2, -0.15) is 5.26 Å². The predicted octanol–water partition coefficient (Wildman–Crippen LogP) is 3.59. The molecule has 96 valence electrons. The van der Waals surface area contributed by atoms with E-state index in [4.69, 9.17) is 5.26 Å². The fourth-order valence-corrected chi connectivity index (χ4v) is 2.15. The van der Waals surface area contributed by atoms with Crippen LogP contribution in [0.1, 0.15) is 22.3 Å². The molecule has 1 N–H and O–H groups in total. The maximum Gasteiger partial charge on any atom is 0.144 e. The number of nitrogens with one attached hydrogen (secondary N) is 1. The Morgan fingerprint density at radius 3 is 2.47 bits per heavy atom. The minimum Gasteiger partial charge on any atom is -0.372 e. The van der Waals surface area contributed by atoms with E-state index >= 15 is 0 Å². The summed E-state index contributed by atoms with van der Waals surface area (Å²) in [4.78, 5) is 4.60. The van der Waals surface area contributed by atoms with E-state index in [9.17, 15) is 0 Å². The number of anilines is 1. The van der Waals surface area contributed by atoms with Gasteiger partial charge in [-0.3, -0.25) is 0 Å². The average Bonchev–Trinajstić information content (AvgIpc) is 2.41. The van der Waals surface area contributed by atoms with E-state index < -0.39 is 0 Å². The Kier molecular flexibility index (Phi) is 3.52. The Morgan fingerprint density at radius 1 is 1.11 bits per heavy atom. The molecular formula is C16H17N3. The molecule has 2 rings (SSSR count). The molecule has 0 unspecified atom stereocenters. The summed E-state index contributed by atoms with van der Waals surface area (Å²) < 4.78 is 0. The molecule has 3 heteroatoms. The van der Waals surface area contributed by atoms with Gasteiger partial charge in [0.1, 0.15) is 11.9 Å². The molecule has 0 bridgehead atoms. The van der Waals surface area contributed by atoms with Gasteiger partial charge >= 0.3 is 0 Å². The highest BCUT2D eigenvalue weighted by Gasteiger charge is 2.11. The van der Waals surface area contributed by atoms with Gasteiger partial charge in [-0.1, -0.05) is 17.7 Å². The van der Waals surface area contributed by atoms with Crippen LogP contribution in [0.15, 0.2) is 24.3 Å². The van der Waals surface area contributed by atoms with Crippen LogP contribution in [0.5, 0.6) is 0 Å². The second-order valence-corrected chi connectivity index (χ2v) is 4.73. The number of nitriles is 1. The summed E-state index contributed by atoms with van der Waals surface area (Å²) in [7, 11) is 1.78. The molecule has 2 aromatic rings. The van der Waals surface area contributed by atoms with Gasteiger partial charge in [0.25, 0.3) is 0 Å². The maximum atomic E-state index is 9.10. The molecule has 1 aromatic carbocycles. The zero-order valence-corrected chi connectivity index (χ0v) is 11.7. The monoisotopic (exact) mass is 251 g/mol. The molecule has 0 amide bonds. The summed E-state index contributed by atoms with van der Waals surface area (Å²) in [5, 5.41) is 12.1. The molecule has 0 aliphatic heterocycles. The van der Waals surface area contributed by atoms with Gasteiger partial charge in [0.05, 0.1) is 11.3 Å². The van der Waals surface area contributed by atoms with Crippen LogP contribution in [-0.2, 0) is 0 Å². The molecule has 1 heterocycles. The van der Waals surface area contributed by atoms with E-state index in [0.29, 0.717) is 11.4 Å². The topological polar surface area (TPSA) is 48.7 Å². The molecule has 0 radical (unpaired) electrons. The number of hydrogen-bond acceptors (Lipinski definition) is 3. The molecule has 19 heavy (non-hydrogen) atoms. The number of aromatic nitrogens is 1. The highest BCUT2D eigenvalue weighted by molar-refractivity contribution is 5.71. The smallest absolute Gasteiger partial charge is 0.144 e. The normalized spacial score (nSPS) is 10.1. The minimum absolute atomic E-state index is 0.578. The first kappa shape index (κ1) is 13.1. The van der Waals surface area contributed by atoms with Crippen LogP contribution in [0.4, 0.5) is 5.82 Å². The van der Waals surface area contributed by atoms with Gasteiger partial charge in [-0.15, -0.1) is 0 Å². The van der Waals surface area contributed by atoms with Crippen LogP contribution in [0, 0.1) is 32.1 Å². The van der Waals surface area contributed by atoms with E-state index in [2.05, 4.69) is 48.4 Å². The zero-order chi connectivity index (χ0) is 14.0. The quantitative estimate of drug-likeness (QED) is 0.887. The summed E-state index contributed by atoms with van der Waals surface area (Å²) >= 11 is 0. The molecule has 1 aromatic heterocycles. The minimum atomic E-state index is 0.578. The lowest BCUT2D eigenvalue weighted by Crippen LogP contribution is -2.01. The fourth-order valence-electron chi connectivity index (χ4n) is 2.15. The first-order chi connectivity index (χ1) is 9.06. The van der Waals surface area contributed by atoms with Crippen molar-refractivity contribution in [2.75, 3.05) is 12.4 Å². The van der Waals surface area contributed by atoms with E-state index in [1.165, 1.54) is 11.1 Å². The number of hydrogen-bond donors (Lipinski definition) is 1. The second-order valence-electron chi connectivity index (χ2n) is 4.73. The number of aryl methyl sites for hydroxylation is 3. The lowest BCUT2D eigenvalue weighted by molar-refractivity contribution is 1.22. The Balaban J connectivity index is 2.69. The van der Waals surface area contributed by atoms with Crippen LogP contribution >= 0.6 is 0 Å². The van der Waals surface area contributed by atoms with Crippen molar-refractivity contribution in [2.45, 2.75) is 20.8 Å². The molecule has 0 saturated carbocycles. The molecule has 0 aliphatic carbocycles. The van der Waals surface area contributed by atoms with Gasteiger partial charge in [0.2, 0.25) is 0 Å². The Hall–Kier alpha value is -2.34. The standard InChI is InChI=1S/C16H17N3/c1-10-5-6-11(2)14(7-10)15-12(3)8-13(9-17)16(18-4)19-15/h5-8H,1-4H3,(H,18,19). The molecule has 0 aliphatic rings. The summed E-state index contributed by atoms with van der Waals surface area (Å²) in [5.41, 5.74) is 6.05. The highest BCUT2D eigenvalue weighted by Crippen LogP contribution is 2.28. The van der Waals surface area contributed by atoms with Crippen molar-refractivity contribution in [3.8, 4) is 17.3 Å². The predicted molar refractivity (Wildman–Crippen MR) is 78.1 cm³/mol. The molecule has 0 atom stereocenters. The van der Waals surface area contributed by atoms with Crippen LogP contribution < -0.4 is 5.32 Å². The molecule has 0 saturated heterocycles. The third-order valence-corrected chi connectivity index (χ3v) is 3.22. The van der Waals surface area contributed by atoms with Crippen molar-refractivity contribution >= 4 is 5.82 Å². The van der Waals surface area contributed by atoms with Crippen molar-refractivity contribution < 1.29 is 0 Å². The Bertz CT molecular complexity index is 666. The number of benzene rings is 1. The molecule has 0 fully saturated rings. The van der Waals surface area contributed by atoms with Gasteiger partial charge in [0, 0.05) is 12.6 Å². The third-order valence-electron chi connectivity index (χ3n) is 3.22. The van der Waals surface area contributed by atoms with Crippen molar-refractivity contribution in [3.05, 3.63) is 46.5 Å². The molecule has 3 nitrogen and oxygen atoms in total. The van der Waals surface area contributed by atoms with Crippen LogP contribution in [0.25, 0.3) is 11.3 Å². The molecular weight excluding hydrogens is 234 g/mol. The van der Waals surface area contributed by atoms with Gasteiger partial charge in [-0.25, -0.2) is 4.98 Å². The number of nitrogens with zero attached hydrogens (tertiary/aromatic N) is 2. The summed E-state index contributed by atoms with van der Waals surface area (Å²) in [6.45, 7) is 6.14. The summed E-state index contributed by atoms with van der Waals surface area (Å²) in [6, 6.07) is 10.4. The summed E-state index contributed by atoms with van der Waals surface area (Å²) in [5.74, 6) is 0.629. The van der Waals surface area contributed by atoms with Gasteiger partial charge in [0.15, 0.2) is 0 Å². The third kappa shape index (κ3) is 2.43. The Morgan fingerprint density at radius 2 is 1.84 bits per heavy atom. The van der Waals surface area contributed by atoms with E-state index in [1.807, 2.05) is 13.0 Å². The zero-order valence-electron chi connectivity index (χ0n) is 11.7. The lowest BCUT2D eigenvalue weighted by atomic mass is 9.98. The van der Waals surface area contributed by atoms with E-state index in [-0.39, 0.29) is 0 Å². The first-order valence-corrected chi connectivity index (χ1v) is 6.24. The van der Waals surface area contributed by atoms with Gasteiger partial charge < -0.3 is 5.32 Å². The van der Waals surface area contributed by atoms with Crippen molar-refractivity contribution in [3.63, 3.8) is 0 Å². The Labute approximate surface area is 113 Å². The fraction of sp³-hybridized carbons (Fsp3) is 0.250. The van der Waals surface area contributed by atoms with Gasteiger partial charge in [-0.05, 0) is 44.0 Å². The van der Waals surface area contributed by atoms with Crippen LogP contribution in [0.3, 0.4) is 0 Å². The first-order valence-electron chi connectivity index (χ1n) is 6.24. The lowest BCUT2D eigenvalue weighted by Gasteiger charge is -2.12. The number of pyridine rings is 1. The SMILES string of the molecule is CNc1nc(-c2cc(C)ccc2C)c(C)cc1C#N. The number of rotatable bonds is 2. The van der Waals surface area contributed by atoms with Crippen molar-refractivity contribution in [2.24, 2.45) is 0 Å². The van der Waals surface area contributed by atoms with Crippen LogP contribution in [-0.4, -0.2) is 12.0 Å². The van der Waals surface area contributed by atoms with Crippen LogP contribution in [0.2, 0.25) is 0 Å². The highest BCUT2D eigenvalue weighted by atomic mass is 15.0. The van der Waals surface area contributed by atoms with E-state index in [1.54, 1.807) is 7.05 Å². The maximum absolute atomic E-state index is 9.10. The van der Waals surface area contributed by atoms with E-state index in [0.717, 1.165) is 16.8 Å². The second kappa shape index (κ2) is 5.11.